The van der Waals surface area contributed by atoms with Crippen LogP contribution >= 0.6 is 11.6 Å². The van der Waals surface area contributed by atoms with Crippen LogP contribution in [0.4, 0.5) is 4.39 Å². The SMILES string of the molecule is Cc1cn2c(nc1=O)OC[C@]1(CCl)C[C@H](F)[C@H]2O1. The first-order chi connectivity index (χ1) is 8.54. The second kappa shape index (κ2) is 3.93. The molecule has 5 nitrogen and oxygen atoms in total. The van der Waals surface area contributed by atoms with Crippen LogP contribution in [0.25, 0.3) is 0 Å². The molecule has 2 aliphatic rings. The molecular weight excluding hydrogens is 263 g/mol. The van der Waals surface area contributed by atoms with Crippen molar-refractivity contribution in [3.63, 3.8) is 0 Å². The van der Waals surface area contributed by atoms with Gasteiger partial charge in [0.15, 0.2) is 6.23 Å². The van der Waals surface area contributed by atoms with Crippen LogP contribution in [0.3, 0.4) is 0 Å². The lowest BCUT2D eigenvalue weighted by Crippen LogP contribution is -2.37. The number of nitrogens with zero attached hydrogens (tertiary/aromatic N) is 2. The highest BCUT2D eigenvalue weighted by molar-refractivity contribution is 6.18. The molecule has 1 saturated heterocycles. The number of ether oxygens (including phenoxy) is 2. The van der Waals surface area contributed by atoms with E-state index in [1.165, 1.54) is 10.8 Å². The van der Waals surface area contributed by atoms with E-state index in [1.54, 1.807) is 6.92 Å². The second-order valence-corrected chi connectivity index (χ2v) is 5.02. The molecule has 2 bridgehead atoms. The molecule has 0 spiro atoms. The van der Waals surface area contributed by atoms with Crippen molar-refractivity contribution in [1.29, 1.82) is 0 Å². The van der Waals surface area contributed by atoms with Gasteiger partial charge in [0.05, 0.1) is 5.88 Å². The van der Waals surface area contributed by atoms with Gasteiger partial charge in [-0.05, 0) is 6.92 Å². The van der Waals surface area contributed by atoms with Crippen LogP contribution in [-0.4, -0.2) is 33.8 Å². The number of hydrogen-bond acceptors (Lipinski definition) is 4. The summed E-state index contributed by atoms with van der Waals surface area (Å²) in [6.07, 6.45) is -0.313. The van der Waals surface area contributed by atoms with Gasteiger partial charge in [0, 0.05) is 18.2 Å². The summed E-state index contributed by atoms with van der Waals surface area (Å²) in [5.41, 5.74) is -0.797. The molecular formula is C11H12ClFN2O3. The number of aromatic nitrogens is 2. The number of halogens is 2. The molecule has 0 unspecified atom stereocenters. The molecule has 0 radical (unpaired) electrons. The first-order valence-corrected chi connectivity index (χ1v) is 6.18. The highest BCUT2D eigenvalue weighted by Gasteiger charge is 2.50. The van der Waals surface area contributed by atoms with Crippen molar-refractivity contribution in [3.05, 3.63) is 22.1 Å². The Balaban J connectivity index is 2.12. The lowest BCUT2D eigenvalue weighted by Gasteiger charge is -2.22. The van der Waals surface area contributed by atoms with Crippen LogP contribution in [0.2, 0.25) is 0 Å². The third-order valence-corrected chi connectivity index (χ3v) is 3.80. The molecule has 0 N–H and O–H groups in total. The minimum Gasteiger partial charge on any atom is -0.461 e. The molecule has 98 valence electrons. The number of aryl methyl sites for hydroxylation is 1. The van der Waals surface area contributed by atoms with Gasteiger partial charge < -0.3 is 9.47 Å². The van der Waals surface area contributed by atoms with Gasteiger partial charge in [-0.2, -0.15) is 4.98 Å². The molecule has 0 aromatic carbocycles. The smallest absolute Gasteiger partial charge is 0.302 e. The average molecular weight is 275 g/mol. The van der Waals surface area contributed by atoms with Crippen molar-refractivity contribution in [2.45, 2.75) is 31.3 Å². The van der Waals surface area contributed by atoms with Crippen molar-refractivity contribution in [2.24, 2.45) is 0 Å². The summed E-state index contributed by atoms with van der Waals surface area (Å²) in [7, 11) is 0. The Morgan fingerprint density at radius 3 is 3.22 bits per heavy atom. The molecule has 1 aromatic heterocycles. The van der Waals surface area contributed by atoms with Crippen LogP contribution in [-0.2, 0) is 4.74 Å². The zero-order valence-corrected chi connectivity index (χ0v) is 10.5. The number of alkyl halides is 2. The molecule has 7 heteroatoms. The van der Waals surface area contributed by atoms with Crippen molar-refractivity contribution in [3.8, 4) is 6.01 Å². The fraction of sp³-hybridized carbons (Fsp3) is 0.636. The van der Waals surface area contributed by atoms with Crippen LogP contribution < -0.4 is 10.3 Å². The first-order valence-electron chi connectivity index (χ1n) is 5.65. The van der Waals surface area contributed by atoms with Crippen LogP contribution in [0, 0.1) is 6.92 Å². The van der Waals surface area contributed by atoms with Gasteiger partial charge in [-0.3, -0.25) is 9.36 Å². The van der Waals surface area contributed by atoms with Crippen LogP contribution in [0.15, 0.2) is 11.0 Å². The second-order valence-electron chi connectivity index (χ2n) is 4.75. The quantitative estimate of drug-likeness (QED) is 0.722. The molecule has 3 rings (SSSR count). The van der Waals surface area contributed by atoms with Crippen molar-refractivity contribution >= 4 is 11.6 Å². The van der Waals surface area contributed by atoms with E-state index >= 15 is 0 Å². The first kappa shape index (κ1) is 11.9. The summed E-state index contributed by atoms with van der Waals surface area (Å²) < 4.78 is 26.6. The Morgan fingerprint density at radius 1 is 1.72 bits per heavy atom. The predicted molar refractivity (Wildman–Crippen MR) is 61.8 cm³/mol. The van der Waals surface area contributed by atoms with E-state index in [1.807, 2.05) is 0 Å². The third kappa shape index (κ3) is 1.63. The van der Waals surface area contributed by atoms with Gasteiger partial charge in [-0.25, -0.2) is 4.39 Å². The zero-order valence-electron chi connectivity index (χ0n) is 9.73. The summed E-state index contributed by atoms with van der Waals surface area (Å²) in [5.74, 6) is 0.141. The van der Waals surface area contributed by atoms with E-state index in [2.05, 4.69) is 4.98 Å². The summed E-state index contributed by atoms with van der Waals surface area (Å²) in [6.45, 7) is 1.72. The molecule has 0 aliphatic carbocycles. The Kier molecular flexibility index (Phi) is 2.60. The average Bonchev–Trinajstić information content (AvgIpc) is 2.59. The molecule has 1 aromatic rings. The van der Waals surface area contributed by atoms with Gasteiger partial charge in [-0.15, -0.1) is 11.6 Å². The van der Waals surface area contributed by atoms with Gasteiger partial charge in [0.1, 0.15) is 18.4 Å². The van der Waals surface area contributed by atoms with Crippen LogP contribution in [0.5, 0.6) is 6.01 Å². The largest absolute Gasteiger partial charge is 0.461 e. The molecule has 3 heterocycles. The van der Waals surface area contributed by atoms with Crippen LogP contribution in [0.1, 0.15) is 18.2 Å². The Hall–Kier alpha value is -1.14. The van der Waals surface area contributed by atoms with E-state index in [-0.39, 0.29) is 30.5 Å². The number of fused-ring (bicyclic) bond motifs is 4. The lowest BCUT2D eigenvalue weighted by molar-refractivity contribution is -0.0684. The number of hydrogen-bond donors (Lipinski definition) is 0. The summed E-state index contributed by atoms with van der Waals surface area (Å²) in [5, 5.41) is 0. The van der Waals surface area contributed by atoms with Gasteiger partial charge in [0.25, 0.3) is 5.56 Å². The van der Waals surface area contributed by atoms with Crippen molar-refractivity contribution < 1.29 is 13.9 Å². The van der Waals surface area contributed by atoms with Gasteiger partial charge in [-0.1, -0.05) is 0 Å². The zero-order chi connectivity index (χ0) is 12.9. The Labute approximate surface area is 107 Å². The number of rotatable bonds is 1. The fourth-order valence-corrected chi connectivity index (χ4v) is 2.57. The summed E-state index contributed by atoms with van der Waals surface area (Å²) >= 11 is 5.84. The molecule has 3 atom stereocenters. The Bertz CT molecular complexity index is 550. The van der Waals surface area contributed by atoms with Crippen molar-refractivity contribution in [1.82, 2.24) is 9.55 Å². The minimum absolute atomic E-state index is 0.0879. The standard InChI is InChI=1S/C11H12ClFN2O3/c1-6-3-15-9-7(13)2-11(4-12,18-9)5-17-10(15)14-8(6)16/h3,7,9H,2,4-5H2,1H3/t7-,9+,11+/m0/s1. The maximum Gasteiger partial charge on any atom is 0.302 e. The topological polar surface area (TPSA) is 53.4 Å². The normalized spacial score (nSPS) is 33.7. The third-order valence-electron chi connectivity index (χ3n) is 3.32. The maximum absolute atomic E-state index is 14.0. The molecule has 2 aliphatic heterocycles. The molecule has 0 amide bonds. The van der Waals surface area contributed by atoms with Gasteiger partial charge >= 0.3 is 6.01 Å². The van der Waals surface area contributed by atoms with E-state index in [4.69, 9.17) is 21.1 Å². The molecule has 0 saturated carbocycles. The highest BCUT2D eigenvalue weighted by atomic mass is 35.5. The summed E-state index contributed by atoms with van der Waals surface area (Å²) in [4.78, 5) is 15.3. The lowest BCUT2D eigenvalue weighted by atomic mass is 10.0. The van der Waals surface area contributed by atoms with Gasteiger partial charge in [0.2, 0.25) is 0 Å². The van der Waals surface area contributed by atoms with E-state index in [0.717, 1.165) is 0 Å². The maximum atomic E-state index is 14.0. The fourth-order valence-electron chi connectivity index (χ4n) is 2.32. The Morgan fingerprint density at radius 2 is 2.50 bits per heavy atom. The minimum atomic E-state index is -1.19. The molecule has 18 heavy (non-hydrogen) atoms. The van der Waals surface area contributed by atoms with E-state index < -0.39 is 18.0 Å². The predicted octanol–water partition coefficient (Wildman–Crippen LogP) is 1.18. The van der Waals surface area contributed by atoms with E-state index in [0.29, 0.717) is 5.56 Å². The summed E-state index contributed by atoms with van der Waals surface area (Å²) in [6, 6.07) is 0.0879. The highest BCUT2D eigenvalue weighted by Crippen LogP contribution is 2.43. The van der Waals surface area contributed by atoms with E-state index in [9.17, 15) is 9.18 Å². The monoisotopic (exact) mass is 274 g/mol. The van der Waals surface area contributed by atoms with Crippen molar-refractivity contribution in [2.75, 3.05) is 12.5 Å². The molecule has 1 fully saturated rings.